The number of carbonyl (C=O) groups excluding carboxylic acids is 1. The van der Waals surface area contributed by atoms with Gasteiger partial charge in [-0.25, -0.2) is 0 Å². The SMILES string of the molecule is O=C(/C=c1/[nH]c(=O)/c(=C/c2csnn2)s1)c1ccco1. The van der Waals surface area contributed by atoms with Crippen molar-refractivity contribution in [3.05, 3.63) is 54.8 Å². The van der Waals surface area contributed by atoms with E-state index in [0.717, 1.165) is 0 Å². The number of hydrogen-bond donors (Lipinski definition) is 1. The molecule has 100 valence electrons. The predicted molar refractivity (Wildman–Crippen MR) is 75.2 cm³/mol. The summed E-state index contributed by atoms with van der Waals surface area (Å²) in [5, 5.41) is 5.57. The summed E-state index contributed by atoms with van der Waals surface area (Å²) in [7, 11) is 0. The van der Waals surface area contributed by atoms with E-state index in [-0.39, 0.29) is 17.1 Å². The van der Waals surface area contributed by atoms with Crippen LogP contribution in [0.2, 0.25) is 0 Å². The molecule has 0 atom stereocenters. The van der Waals surface area contributed by atoms with E-state index < -0.39 is 0 Å². The highest BCUT2D eigenvalue weighted by molar-refractivity contribution is 7.07. The fraction of sp³-hybridized carbons (Fsp3) is 0. The van der Waals surface area contributed by atoms with Crippen molar-refractivity contribution in [2.75, 3.05) is 0 Å². The molecule has 0 unspecified atom stereocenters. The van der Waals surface area contributed by atoms with Gasteiger partial charge in [-0.15, -0.1) is 16.4 Å². The smallest absolute Gasteiger partial charge is 0.266 e. The third-order valence-electron chi connectivity index (χ3n) is 2.36. The van der Waals surface area contributed by atoms with Gasteiger partial charge in [-0.3, -0.25) is 9.59 Å². The van der Waals surface area contributed by atoms with Crippen LogP contribution >= 0.6 is 22.9 Å². The molecule has 8 heteroatoms. The molecule has 0 saturated heterocycles. The van der Waals surface area contributed by atoms with Crippen LogP contribution in [0.3, 0.4) is 0 Å². The van der Waals surface area contributed by atoms with Crippen LogP contribution < -0.4 is 14.8 Å². The summed E-state index contributed by atoms with van der Waals surface area (Å²) < 4.78 is 9.64. The summed E-state index contributed by atoms with van der Waals surface area (Å²) in [6.07, 6.45) is 4.38. The van der Waals surface area contributed by atoms with E-state index in [1.165, 1.54) is 35.2 Å². The Kier molecular flexibility index (Phi) is 3.40. The van der Waals surface area contributed by atoms with E-state index in [1.807, 2.05) is 0 Å². The molecule has 3 rings (SSSR count). The minimum atomic E-state index is -0.297. The van der Waals surface area contributed by atoms with Crippen molar-refractivity contribution >= 4 is 40.8 Å². The van der Waals surface area contributed by atoms with E-state index >= 15 is 0 Å². The first-order chi connectivity index (χ1) is 9.72. The standard InChI is InChI=1S/C12H7N3O3S2/c16-8(9-2-1-3-18-9)5-11-13-12(17)10(20-11)4-7-6-19-15-14-7/h1-6H,(H,13,17)/b10-4-,11-5-. The Morgan fingerprint density at radius 2 is 2.35 bits per heavy atom. The quantitative estimate of drug-likeness (QED) is 0.706. The lowest BCUT2D eigenvalue weighted by Crippen LogP contribution is -2.20. The predicted octanol–water partition coefficient (Wildman–Crippen LogP) is 0.373. The lowest BCUT2D eigenvalue weighted by atomic mass is 10.3. The van der Waals surface area contributed by atoms with Gasteiger partial charge in [-0.05, 0) is 29.7 Å². The van der Waals surface area contributed by atoms with E-state index in [9.17, 15) is 9.59 Å². The summed E-state index contributed by atoms with van der Waals surface area (Å²) >= 11 is 2.38. The third-order valence-corrected chi connectivity index (χ3v) is 3.85. The van der Waals surface area contributed by atoms with Crippen molar-refractivity contribution in [1.29, 1.82) is 0 Å². The molecule has 20 heavy (non-hydrogen) atoms. The van der Waals surface area contributed by atoms with Gasteiger partial charge in [0, 0.05) is 11.5 Å². The Hall–Kier alpha value is -2.32. The van der Waals surface area contributed by atoms with Crippen LogP contribution in [0.5, 0.6) is 0 Å². The molecule has 0 radical (unpaired) electrons. The van der Waals surface area contributed by atoms with Crippen LogP contribution in [0.15, 0.2) is 33.0 Å². The van der Waals surface area contributed by atoms with Crippen LogP contribution in [0, 0.1) is 0 Å². The Balaban J connectivity index is 2.01. The molecular weight excluding hydrogens is 298 g/mol. The maximum Gasteiger partial charge on any atom is 0.266 e. The molecule has 1 N–H and O–H groups in total. The third kappa shape index (κ3) is 2.65. The molecule has 0 aromatic carbocycles. The van der Waals surface area contributed by atoms with E-state index in [2.05, 4.69) is 14.6 Å². The number of hydrogen-bond acceptors (Lipinski definition) is 7. The largest absolute Gasteiger partial charge is 0.461 e. The molecule has 3 aromatic rings. The number of Topliss-reactive ketones (excluding diaryl/α,β-unsaturated/α-hetero) is 1. The van der Waals surface area contributed by atoms with Crippen LogP contribution in [0.25, 0.3) is 12.2 Å². The number of rotatable bonds is 3. The average molecular weight is 305 g/mol. The highest BCUT2D eigenvalue weighted by Crippen LogP contribution is 2.01. The first-order valence-electron chi connectivity index (χ1n) is 5.50. The Bertz CT molecular complexity index is 889. The van der Waals surface area contributed by atoms with Gasteiger partial charge in [0.25, 0.3) is 5.56 Å². The normalized spacial score (nSPS) is 13.0. The Morgan fingerprint density at radius 3 is 3.05 bits per heavy atom. The highest BCUT2D eigenvalue weighted by atomic mass is 32.1. The molecule has 3 heterocycles. The first kappa shape index (κ1) is 12.7. The highest BCUT2D eigenvalue weighted by Gasteiger charge is 2.05. The zero-order valence-corrected chi connectivity index (χ0v) is 11.5. The lowest BCUT2D eigenvalue weighted by Gasteiger charge is -1.84. The Labute approximate surface area is 119 Å². The van der Waals surface area contributed by atoms with E-state index in [4.69, 9.17) is 4.42 Å². The van der Waals surface area contributed by atoms with E-state index in [1.54, 1.807) is 23.6 Å². The van der Waals surface area contributed by atoms with Gasteiger partial charge in [0.2, 0.25) is 5.78 Å². The van der Waals surface area contributed by atoms with Gasteiger partial charge in [0.15, 0.2) is 5.76 Å². The molecule has 0 saturated carbocycles. The van der Waals surface area contributed by atoms with Crippen molar-refractivity contribution in [2.24, 2.45) is 0 Å². The molecule has 3 aromatic heterocycles. The van der Waals surface area contributed by atoms with Crippen molar-refractivity contribution in [3.63, 3.8) is 0 Å². The maximum absolute atomic E-state index is 11.8. The summed E-state index contributed by atoms with van der Waals surface area (Å²) in [5.74, 6) is -0.0668. The minimum Gasteiger partial charge on any atom is -0.461 e. The maximum atomic E-state index is 11.8. The van der Waals surface area contributed by atoms with E-state index in [0.29, 0.717) is 14.9 Å². The summed E-state index contributed by atoms with van der Waals surface area (Å²) in [4.78, 5) is 26.2. The Morgan fingerprint density at radius 1 is 1.45 bits per heavy atom. The van der Waals surface area contributed by atoms with Crippen LogP contribution in [0.4, 0.5) is 0 Å². The summed E-state index contributed by atoms with van der Waals surface area (Å²) in [5.41, 5.74) is 0.354. The van der Waals surface area contributed by atoms with Crippen molar-refractivity contribution in [1.82, 2.24) is 14.6 Å². The molecule has 0 spiro atoms. The number of aromatic amines is 1. The monoisotopic (exact) mass is 305 g/mol. The lowest BCUT2D eigenvalue weighted by molar-refractivity contribution is 0.103. The van der Waals surface area contributed by atoms with Crippen molar-refractivity contribution in [3.8, 4) is 0 Å². The minimum absolute atomic E-state index is 0.230. The molecule has 6 nitrogen and oxygen atoms in total. The second-order valence-electron chi connectivity index (χ2n) is 3.74. The molecular formula is C12H7N3O3S2. The number of nitrogens with one attached hydrogen (secondary N) is 1. The van der Waals surface area contributed by atoms with Crippen LogP contribution in [0.1, 0.15) is 16.2 Å². The molecule has 0 aliphatic heterocycles. The van der Waals surface area contributed by atoms with Crippen molar-refractivity contribution in [2.45, 2.75) is 0 Å². The molecule has 0 amide bonds. The van der Waals surface area contributed by atoms with Gasteiger partial charge < -0.3 is 9.40 Å². The first-order valence-corrected chi connectivity index (χ1v) is 7.15. The molecule has 0 bridgehead atoms. The zero-order valence-electron chi connectivity index (χ0n) is 9.90. The number of furan rings is 1. The summed E-state index contributed by atoms with van der Waals surface area (Å²) in [6.45, 7) is 0. The number of carbonyl (C=O) groups is 1. The number of thiazole rings is 1. The molecule has 0 aliphatic carbocycles. The molecule has 0 aliphatic rings. The fourth-order valence-corrected chi connectivity index (χ4v) is 2.78. The van der Waals surface area contributed by atoms with Gasteiger partial charge in [0.05, 0.1) is 21.2 Å². The van der Waals surface area contributed by atoms with Gasteiger partial charge in [-0.1, -0.05) is 4.49 Å². The van der Waals surface area contributed by atoms with Gasteiger partial charge in [-0.2, -0.15) is 0 Å². The topological polar surface area (TPSA) is 88.9 Å². The van der Waals surface area contributed by atoms with Crippen LogP contribution in [-0.2, 0) is 0 Å². The van der Waals surface area contributed by atoms with Crippen molar-refractivity contribution < 1.29 is 9.21 Å². The summed E-state index contributed by atoms with van der Waals surface area (Å²) in [6, 6.07) is 3.20. The second kappa shape index (κ2) is 5.35. The number of aromatic nitrogens is 3. The number of nitrogens with zero attached hydrogens (tertiary/aromatic N) is 2. The molecule has 0 fully saturated rings. The van der Waals surface area contributed by atoms with Gasteiger partial charge in [0.1, 0.15) is 0 Å². The van der Waals surface area contributed by atoms with Crippen LogP contribution in [-0.4, -0.2) is 20.4 Å². The fourth-order valence-electron chi connectivity index (χ4n) is 1.50. The van der Waals surface area contributed by atoms with Gasteiger partial charge >= 0.3 is 0 Å². The number of H-pyrrole nitrogens is 1. The zero-order chi connectivity index (χ0) is 13.9. The second-order valence-corrected chi connectivity index (χ2v) is 5.44. The average Bonchev–Trinajstić information content (AvgIpc) is 3.14. The number of ketones is 1.